The van der Waals surface area contributed by atoms with Gasteiger partial charge in [-0.2, -0.15) is 0 Å². The predicted octanol–water partition coefficient (Wildman–Crippen LogP) is 6.41. The molecule has 0 amide bonds. The van der Waals surface area contributed by atoms with Gasteiger partial charge >= 0.3 is 0 Å². The second-order valence-corrected chi connectivity index (χ2v) is 10.8. The van der Waals surface area contributed by atoms with Gasteiger partial charge in [-0.25, -0.2) is 9.38 Å². The van der Waals surface area contributed by atoms with Crippen molar-refractivity contribution < 1.29 is 4.74 Å². The first-order chi connectivity index (χ1) is 17.7. The first kappa shape index (κ1) is 21.3. The summed E-state index contributed by atoms with van der Waals surface area (Å²) in [6.45, 7) is 2.14. The number of nitrogens with zero attached hydrogens (tertiary/aromatic N) is 2. The molecule has 1 aliphatic rings. The van der Waals surface area contributed by atoms with Gasteiger partial charge in [-0.1, -0.05) is 72.0 Å². The van der Waals surface area contributed by atoms with Crippen LogP contribution in [0, 0.1) is 6.92 Å². The largest absolute Gasteiger partial charge is 0.455 e. The second kappa shape index (κ2) is 8.29. The van der Waals surface area contributed by atoms with E-state index in [0.717, 1.165) is 38.6 Å². The number of benzene rings is 3. The van der Waals surface area contributed by atoms with Crippen molar-refractivity contribution in [2.24, 2.45) is 0 Å². The molecular formula is C30H20N2O2S2. The number of rotatable bonds is 3. The van der Waals surface area contributed by atoms with E-state index in [1.807, 2.05) is 54.6 Å². The van der Waals surface area contributed by atoms with Crippen LogP contribution in [0.1, 0.15) is 27.5 Å². The van der Waals surface area contributed by atoms with Gasteiger partial charge in [-0.3, -0.25) is 4.79 Å². The molecule has 3 aromatic carbocycles. The Hall–Kier alpha value is -4.00. The van der Waals surface area contributed by atoms with Gasteiger partial charge in [0.15, 0.2) is 4.96 Å². The Bertz CT molecular complexity index is 1910. The highest BCUT2D eigenvalue weighted by Crippen LogP contribution is 2.47. The maximum absolute atomic E-state index is 13.7. The van der Waals surface area contributed by atoms with Gasteiger partial charge in [0, 0.05) is 17.1 Å². The average Bonchev–Trinajstić information content (AvgIpc) is 3.62. The molecule has 0 spiro atoms. The molecule has 3 aromatic heterocycles. The van der Waals surface area contributed by atoms with E-state index in [9.17, 15) is 4.79 Å². The monoisotopic (exact) mass is 504 g/mol. The van der Waals surface area contributed by atoms with Crippen molar-refractivity contribution in [3.63, 3.8) is 0 Å². The van der Waals surface area contributed by atoms with E-state index >= 15 is 0 Å². The van der Waals surface area contributed by atoms with Crippen LogP contribution in [-0.2, 0) is 0 Å². The van der Waals surface area contributed by atoms with Crippen LogP contribution in [0.3, 0.4) is 0 Å². The number of para-hydroxylation sites is 3. The highest BCUT2D eigenvalue weighted by Gasteiger charge is 2.32. The second-order valence-electron chi connectivity index (χ2n) is 8.83. The minimum Gasteiger partial charge on any atom is -0.455 e. The maximum Gasteiger partial charge on any atom is 0.274 e. The Morgan fingerprint density at radius 3 is 2.53 bits per heavy atom. The zero-order valence-electron chi connectivity index (χ0n) is 19.3. The summed E-state index contributed by atoms with van der Waals surface area (Å²) < 4.78 is 8.92. The van der Waals surface area contributed by atoms with Gasteiger partial charge in [-0.15, -0.1) is 11.3 Å². The lowest BCUT2D eigenvalue weighted by atomic mass is 9.80. The summed E-state index contributed by atoms with van der Waals surface area (Å²) in [5.41, 5.74) is 6.09. The summed E-state index contributed by atoms with van der Waals surface area (Å²) in [5, 5.41) is 2.05. The molecule has 174 valence electrons. The van der Waals surface area contributed by atoms with Crippen LogP contribution < -0.4 is 14.8 Å². The normalized spacial score (nSPS) is 16.0. The molecule has 0 bridgehead atoms. The molecule has 0 N–H and O–H groups in total. The molecule has 0 fully saturated rings. The molecule has 1 unspecified atom stereocenters. The van der Waals surface area contributed by atoms with Crippen molar-refractivity contribution >= 4 is 50.5 Å². The first-order valence-electron chi connectivity index (χ1n) is 11.7. The molecular weight excluding hydrogens is 484 g/mol. The number of thiophene rings is 1. The van der Waals surface area contributed by atoms with Crippen LogP contribution in [0.4, 0.5) is 0 Å². The Balaban J connectivity index is 1.56. The fourth-order valence-corrected chi connectivity index (χ4v) is 6.73. The number of allylic oxidation sites excluding steroid dienone is 1. The number of aromatic nitrogens is 2. The van der Waals surface area contributed by atoms with Gasteiger partial charge in [0.25, 0.3) is 5.56 Å². The molecule has 0 radical (unpaired) electrons. The number of fused-ring (bicyclic) bond motifs is 4. The van der Waals surface area contributed by atoms with Crippen LogP contribution in [0.2, 0.25) is 0 Å². The van der Waals surface area contributed by atoms with Crippen molar-refractivity contribution in [2.45, 2.75) is 12.8 Å². The molecule has 6 heteroatoms. The molecule has 4 heterocycles. The Morgan fingerprint density at radius 1 is 0.917 bits per heavy atom. The number of aryl methyl sites for hydroxylation is 1. The molecule has 0 aliphatic carbocycles. The fraction of sp³-hybridized carbons (Fsp3) is 0.0667. The maximum atomic E-state index is 13.7. The van der Waals surface area contributed by atoms with E-state index in [-0.39, 0.29) is 11.5 Å². The third-order valence-corrected chi connectivity index (χ3v) is 8.53. The standard InChI is InChI=1S/C30H20N2O2S2/c1-18-9-2-3-10-19(18)27-20-11-4-7-14-24(20)34-28(25-15-8-16-35-25)21(27)17-26-29(33)32-23-13-6-5-12-22(23)31-30(32)36-26/h2-17,27H,1H3/b26-17-. The van der Waals surface area contributed by atoms with Crippen LogP contribution in [0.25, 0.3) is 27.8 Å². The van der Waals surface area contributed by atoms with Crippen LogP contribution in [0.5, 0.6) is 5.75 Å². The lowest BCUT2D eigenvalue weighted by Gasteiger charge is -2.30. The molecule has 1 aliphatic heterocycles. The van der Waals surface area contributed by atoms with Gasteiger partial charge in [-0.05, 0) is 53.8 Å². The number of thiazole rings is 1. The van der Waals surface area contributed by atoms with Crippen molar-refractivity contribution in [3.05, 3.63) is 132 Å². The molecule has 7 rings (SSSR count). The molecule has 0 saturated heterocycles. The molecule has 6 aromatic rings. The van der Waals surface area contributed by atoms with Gasteiger partial charge in [0.1, 0.15) is 11.5 Å². The van der Waals surface area contributed by atoms with E-state index in [4.69, 9.17) is 9.72 Å². The lowest BCUT2D eigenvalue weighted by Crippen LogP contribution is -2.25. The Morgan fingerprint density at radius 2 is 1.69 bits per heavy atom. The van der Waals surface area contributed by atoms with Crippen molar-refractivity contribution in [3.8, 4) is 5.75 Å². The van der Waals surface area contributed by atoms with Crippen molar-refractivity contribution in [1.82, 2.24) is 9.38 Å². The third kappa shape index (κ3) is 3.26. The van der Waals surface area contributed by atoms with Crippen molar-refractivity contribution in [1.29, 1.82) is 0 Å². The summed E-state index contributed by atoms with van der Waals surface area (Å²) in [4.78, 5) is 20.1. The summed E-state index contributed by atoms with van der Waals surface area (Å²) in [6.07, 6.45) is 2.03. The van der Waals surface area contributed by atoms with Gasteiger partial charge < -0.3 is 4.74 Å². The van der Waals surface area contributed by atoms with E-state index in [1.165, 1.54) is 22.5 Å². The van der Waals surface area contributed by atoms with E-state index in [0.29, 0.717) is 9.49 Å². The van der Waals surface area contributed by atoms with E-state index in [1.54, 1.807) is 15.7 Å². The average molecular weight is 505 g/mol. The zero-order valence-corrected chi connectivity index (χ0v) is 21.0. The van der Waals surface area contributed by atoms with Crippen LogP contribution in [0.15, 0.2) is 101 Å². The third-order valence-electron chi connectivity index (χ3n) is 6.69. The number of ether oxygens (including phenoxy) is 1. The molecule has 1 atom stereocenters. The SMILES string of the molecule is Cc1ccccc1C1C(/C=c2\sc3nc4ccccc4n3c2=O)=C(c2cccs2)Oc2ccccc21. The summed E-state index contributed by atoms with van der Waals surface area (Å²) in [5.74, 6) is 1.58. The zero-order chi connectivity index (χ0) is 24.2. The molecule has 4 nitrogen and oxygen atoms in total. The molecule has 36 heavy (non-hydrogen) atoms. The number of imidazole rings is 1. The minimum absolute atomic E-state index is 0.0517. The van der Waals surface area contributed by atoms with Crippen molar-refractivity contribution in [2.75, 3.05) is 0 Å². The lowest BCUT2D eigenvalue weighted by molar-refractivity contribution is 0.490. The summed E-state index contributed by atoms with van der Waals surface area (Å²) >= 11 is 3.06. The van der Waals surface area contributed by atoms with Crippen LogP contribution in [-0.4, -0.2) is 9.38 Å². The smallest absolute Gasteiger partial charge is 0.274 e. The highest BCUT2D eigenvalue weighted by molar-refractivity contribution is 7.15. The topological polar surface area (TPSA) is 43.6 Å². The summed E-state index contributed by atoms with van der Waals surface area (Å²) in [6, 6.07) is 28.5. The number of hydrogen-bond donors (Lipinski definition) is 0. The van der Waals surface area contributed by atoms with Gasteiger partial charge in [0.05, 0.1) is 20.4 Å². The number of hydrogen-bond acceptors (Lipinski definition) is 5. The first-order valence-corrected chi connectivity index (χ1v) is 13.4. The quantitative estimate of drug-likeness (QED) is 0.280. The van der Waals surface area contributed by atoms with Crippen LogP contribution >= 0.6 is 22.7 Å². The fourth-order valence-electron chi connectivity index (χ4n) is 5.03. The predicted molar refractivity (Wildman–Crippen MR) is 148 cm³/mol. The Labute approximate surface area is 215 Å². The highest BCUT2D eigenvalue weighted by atomic mass is 32.1. The van der Waals surface area contributed by atoms with E-state index in [2.05, 4.69) is 48.7 Å². The minimum atomic E-state index is -0.0705. The Kier molecular flexibility index (Phi) is 4.91. The molecule has 0 saturated carbocycles. The van der Waals surface area contributed by atoms with Gasteiger partial charge in [0.2, 0.25) is 0 Å². The summed E-state index contributed by atoms with van der Waals surface area (Å²) in [7, 11) is 0. The van der Waals surface area contributed by atoms with E-state index < -0.39 is 0 Å².